The minimum Gasteiger partial charge on any atom is -0.490 e. The molecule has 5 heteroatoms. The number of allylic oxidation sites excluding steroid dienone is 1. The average Bonchev–Trinajstić information content (AvgIpc) is 2.75. The molecule has 0 saturated heterocycles. The van der Waals surface area contributed by atoms with Gasteiger partial charge in [-0.2, -0.15) is 0 Å². The summed E-state index contributed by atoms with van der Waals surface area (Å²) in [7, 11) is 0. The third-order valence-corrected chi connectivity index (χ3v) is 4.87. The topological polar surface area (TPSA) is 55.8 Å². The molecule has 4 nitrogen and oxygen atoms in total. The molecule has 0 aliphatic heterocycles. The van der Waals surface area contributed by atoms with Crippen LogP contribution >= 0.6 is 0 Å². The summed E-state index contributed by atoms with van der Waals surface area (Å²) in [4.78, 5) is 11.1. The van der Waals surface area contributed by atoms with E-state index in [1.165, 1.54) is 26.0 Å². The summed E-state index contributed by atoms with van der Waals surface area (Å²) in [5.74, 6) is -0.145. The lowest BCUT2D eigenvalue weighted by molar-refractivity contribution is -0.152. The van der Waals surface area contributed by atoms with Gasteiger partial charge in [0.1, 0.15) is 23.9 Å². The highest BCUT2D eigenvalue weighted by molar-refractivity contribution is 5.76. The summed E-state index contributed by atoms with van der Waals surface area (Å²) in [6.45, 7) is 5.41. The first-order valence-electron chi connectivity index (χ1n) is 9.93. The number of halogens is 1. The lowest BCUT2D eigenvalue weighted by atomic mass is 10.0. The Morgan fingerprint density at radius 2 is 1.42 bits per heavy atom. The monoisotopic (exact) mass is 420 g/mol. The van der Waals surface area contributed by atoms with Crippen molar-refractivity contribution < 1.29 is 23.8 Å². The number of rotatable bonds is 8. The highest BCUT2D eigenvalue weighted by Gasteiger charge is 2.29. The predicted molar refractivity (Wildman–Crippen MR) is 120 cm³/mol. The second-order valence-electron chi connectivity index (χ2n) is 7.67. The van der Waals surface area contributed by atoms with E-state index < -0.39 is 11.6 Å². The van der Waals surface area contributed by atoms with Crippen LogP contribution in [-0.4, -0.2) is 23.3 Å². The van der Waals surface area contributed by atoms with Crippen molar-refractivity contribution >= 4 is 11.5 Å². The van der Waals surface area contributed by atoms with E-state index in [9.17, 15) is 9.18 Å². The van der Waals surface area contributed by atoms with Gasteiger partial charge in [-0.05, 0) is 85.5 Å². The van der Waals surface area contributed by atoms with Crippen LogP contribution in [-0.2, 0) is 4.79 Å². The Hall–Kier alpha value is -3.60. The van der Waals surface area contributed by atoms with Crippen molar-refractivity contribution in [1.82, 2.24) is 0 Å². The number of aliphatic carboxylic acids is 1. The zero-order chi connectivity index (χ0) is 22.4. The van der Waals surface area contributed by atoms with E-state index in [-0.39, 0.29) is 5.82 Å². The summed E-state index contributed by atoms with van der Waals surface area (Å²) < 4.78 is 24.3. The van der Waals surface area contributed by atoms with Gasteiger partial charge in [-0.3, -0.25) is 0 Å². The first-order valence-corrected chi connectivity index (χ1v) is 9.93. The molecule has 3 aromatic rings. The molecule has 0 unspecified atom stereocenters. The number of hydrogen-bond acceptors (Lipinski definition) is 3. The lowest BCUT2D eigenvalue weighted by Gasteiger charge is -2.21. The zero-order valence-electron chi connectivity index (χ0n) is 17.8. The number of ether oxygens (including phenoxy) is 2. The van der Waals surface area contributed by atoms with Gasteiger partial charge in [0.25, 0.3) is 0 Å². The molecule has 3 rings (SSSR count). The van der Waals surface area contributed by atoms with Gasteiger partial charge in [0.15, 0.2) is 5.60 Å². The molecule has 1 N–H and O–H groups in total. The summed E-state index contributed by atoms with van der Waals surface area (Å²) in [5, 5.41) is 9.13. The van der Waals surface area contributed by atoms with E-state index in [1.54, 1.807) is 36.4 Å². The standard InChI is InChI=1S/C26H25FO4/c1-18(19-4-6-20(7-5-19)21-8-10-22(27)11-9-21)16-17-30-23-12-14-24(15-13-23)31-26(2,3)25(28)29/h4-16H,17H2,1-3H3,(H,28,29)/b18-16+. The van der Waals surface area contributed by atoms with E-state index in [2.05, 4.69) is 0 Å². The Balaban J connectivity index is 1.57. The number of carbonyl (C=O) groups is 1. The fourth-order valence-electron chi connectivity index (χ4n) is 2.89. The van der Waals surface area contributed by atoms with Crippen LogP contribution in [0.1, 0.15) is 26.3 Å². The van der Waals surface area contributed by atoms with E-state index in [4.69, 9.17) is 14.6 Å². The molecule has 0 aromatic heterocycles. The normalized spacial score (nSPS) is 11.8. The Labute approximate surface area is 181 Å². The predicted octanol–water partition coefficient (Wildman–Crippen LogP) is 6.22. The molecule has 0 bridgehead atoms. The molecule has 0 heterocycles. The van der Waals surface area contributed by atoms with Gasteiger partial charge in [0, 0.05) is 0 Å². The molecule has 0 saturated carbocycles. The Bertz CT molecular complexity index is 1050. The van der Waals surface area contributed by atoms with Crippen LogP contribution in [0.4, 0.5) is 4.39 Å². The Morgan fingerprint density at radius 1 is 0.903 bits per heavy atom. The summed E-state index contributed by atoms with van der Waals surface area (Å²) >= 11 is 0. The second-order valence-corrected chi connectivity index (χ2v) is 7.67. The molecule has 0 fully saturated rings. The minimum atomic E-state index is -1.30. The van der Waals surface area contributed by atoms with Crippen LogP contribution in [0.15, 0.2) is 78.9 Å². The molecular formula is C26H25FO4. The van der Waals surface area contributed by atoms with Crippen molar-refractivity contribution in [3.05, 3.63) is 90.3 Å². The van der Waals surface area contributed by atoms with Crippen LogP contribution in [0.3, 0.4) is 0 Å². The van der Waals surface area contributed by atoms with Gasteiger partial charge in [0.05, 0.1) is 0 Å². The molecule has 0 radical (unpaired) electrons. The van der Waals surface area contributed by atoms with Crippen molar-refractivity contribution in [2.24, 2.45) is 0 Å². The van der Waals surface area contributed by atoms with Crippen molar-refractivity contribution in [2.75, 3.05) is 6.61 Å². The second kappa shape index (κ2) is 9.47. The van der Waals surface area contributed by atoms with E-state index in [0.717, 1.165) is 22.3 Å². The summed E-state index contributed by atoms with van der Waals surface area (Å²) in [6.07, 6.45) is 1.99. The first-order chi connectivity index (χ1) is 14.7. The molecule has 0 aliphatic rings. The van der Waals surface area contributed by atoms with Gasteiger partial charge < -0.3 is 14.6 Å². The SMILES string of the molecule is C/C(=C\COc1ccc(OC(C)(C)C(=O)O)cc1)c1ccc(-c2ccc(F)cc2)cc1. The van der Waals surface area contributed by atoms with Crippen LogP contribution < -0.4 is 9.47 Å². The number of carboxylic acid groups (broad SMARTS) is 1. The van der Waals surface area contributed by atoms with Gasteiger partial charge in [0.2, 0.25) is 0 Å². The molecule has 0 atom stereocenters. The molecule has 0 amide bonds. The highest BCUT2D eigenvalue weighted by Crippen LogP contribution is 2.24. The number of hydrogen-bond donors (Lipinski definition) is 1. The van der Waals surface area contributed by atoms with E-state index in [0.29, 0.717) is 18.1 Å². The summed E-state index contributed by atoms with van der Waals surface area (Å²) in [6, 6.07) is 21.4. The zero-order valence-corrected chi connectivity index (χ0v) is 17.8. The fraction of sp³-hybridized carbons (Fsp3) is 0.192. The van der Waals surface area contributed by atoms with Crippen molar-refractivity contribution in [3.8, 4) is 22.6 Å². The molecule has 0 aliphatic carbocycles. The largest absolute Gasteiger partial charge is 0.490 e. The first kappa shape index (κ1) is 22.1. The van der Waals surface area contributed by atoms with Crippen molar-refractivity contribution in [2.45, 2.75) is 26.4 Å². The van der Waals surface area contributed by atoms with Gasteiger partial charge in [-0.25, -0.2) is 9.18 Å². The molecular weight excluding hydrogens is 395 g/mol. The van der Waals surface area contributed by atoms with Crippen molar-refractivity contribution in [3.63, 3.8) is 0 Å². The number of carboxylic acids is 1. The smallest absolute Gasteiger partial charge is 0.347 e. The number of benzene rings is 3. The molecule has 31 heavy (non-hydrogen) atoms. The van der Waals surface area contributed by atoms with Crippen LogP contribution in [0.25, 0.3) is 16.7 Å². The van der Waals surface area contributed by atoms with Gasteiger partial charge >= 0.3 is 5.97 Å². The van der Waals surface area contributed by atoms with Crippen molar-refractivity contribution in [1.29, 1.82) is 0 Å². The molecule has 160 valence electrons. The maximum atomic E-state index is 13.1. The fourth-order valence-corrected chi connectivity index (χ4v) is 2.89. The molecule has 0 spiro atoms. The summed E-state index contributed by atoms with van der Waals surface area (Å²) in [5.41, 5.74) is 2.86. The van der Waals surface area contributed by atoms with E-state index in [1.807, 2.05) is 37.3 Å². The maximum Gasteiger partial charge on any atom is 0.347 e. The average molecular weight is 420 g/mol. The molecule has 3 aromatic carbocycles. The third kappa shape index (κ3) is 5.95. The third-order valence-electron chi connectivity index (χ3n) is 4.87. The Morgan fingerprint density at radius 3 is 1.97 bits per heavy atom. The minimum absolute atomic E-state index is 0.245. The highest BCUT2D eigenvalue weighted by atomic mass is 19.1. The van der Waals surface area contributed by atoms with Crippen LogP contribution in [0.2, 0.25) is 0 Å². The quantitative estimate of drug-likeness (QED) is 0.470. The van der Waals surface area contributed by atoms with Crippen LogP contribution in [0, 0.1) is 5.82 Å². The van der Waals surface area contributed by atoms with E-state index >= 15 is 0 Å². The maximum absolute atomic E-state index is 13.1. The van der Waals surface area contributed by atoms with Gasteiger partial charge in [-0.1, -0.05) is 36.4 Å². The lowest BCUT2D eigenvalue weighted by Crippen LogP contribution is -2.37. The Kier molecular flexibility index (Phi) is 6.75. The van der Waals surface area contributed by atoms with Crippen LogP contribution in [0.5, 0.6) is 11.5 Å². The van der Waals surface area contributed by atoms with Gasteiger partial charge in [-0.15, -0.1) is 0 Å².